The van der Waals surface area contributed by atoms with Gasteiger partial charge in [0.2, 0.25) is 5.91 Å². The van der Waals surface area contributed by atoms with Crippen LogP contribution >= 0.6 is 0 Å². The molecule has 2 N–H and O–H groups in total. The molecule has 0 atom stereocenters. The smallest absolute Gasteiger partial charge is 0.255 e. The van der Waals surface area contributed by atoms with Crippen molar-refractivity contribution in [1.82, 2.24) is 0 Å². The molecule has 4 heteroatoms. The van der Waals surface area contributed by atoms with E-state index in [1.54, 1.807) is 6.07 Å². The minimum Gasteiger partial charge on any atom is -0.326 e. The fraction of sp³-hybridized carbons (Fsp3) is 0.263. The Labute approximate surface area is 135 Å². The lowest BCUT2D eigenvalue weighted by molar-refractivity contribution is -0.117. The van der Waals surface area contributed by atoms with E-state index >= 15 is 0 Å². The Morgan fingerprint density at radius 3 is 2.26 bits per heavy atom. The predicted molar refractivity (Wildman–Crippen MR) is 91.7 cm³/mol. The standard InChI is InChI=1S/C19H20N2O2/c1-12-5-3-6-15(11-12)19(23)21-17-8-4-7-16(13(17)2)20-18(22)14-9-10-14/h3-8,11,14H,9-10H2,1-2H3,(H,20,22)(H,21,23). The zero-order valence-electron chi connectivity index (χ0n) is 13.3. The zero-order chi connectivity index (χ0) is 16.4. The molecule has 23 heavy (non-hydrogen) atoms. The zero-order valence-corrected chi connectivity index (χ0v) is 13.3. The van der Waals surface area contributed by atoms with Gasteiger partial charge in [0.05, 0.1) is 0 Å². The van der Waals surface area contributed by atoms with Crippen molar-refractivity contribution in [2.75, 3.05) is 10.6 Å². The molecule has 1 aliphatic rings. The first-order chi connectivity index (χ1) is 11.0. The summed E-state index contributed by atoms with van der Waals surface area (Å²) in [5, 5.41) is 5.87. The average Bonchev–Trinajstić information content (AvgIpc) is 3.36. The molecule has 2 amide bonds. The lowest BCUT2D eigenvalue weighted by atomic mass is 10.1. The molecule has 1 fully saturated rings. The highest BCUT2D eigenvalue weighted by atomic mass is 16.2. The number of nitrogens with one attached hydrogen (secondary N) is 2. The van der Waals surface area contributed by atoms with Crippen molar-refractivity contribution in [2.24, 2.45) is 5.92 Å². The van der Waals surface area contributed by atoms with Gasteiger partial charge in [-0.25, -0.2) is 0 Å². The van der Waals surface area contributed by atoms with Gasteiger partial charge in [-0.05, 0) is 56.5 Å². The number of carbonyl (C=O) groups is 2. The Morgan fingerprint density at radius 1 is 0.957 bits per heavy atom. The number of aryl methyl sites for hydroxylation is 1. The minimum atomic E-state index is -0.150. The molecular weight excluding hydrogens is 288 g/mol. The molecule has 3 rings (SSSR count). The lowest BCUT2D eigenvalue weighted by Crippen LogP contribution is -2.16. The van der Waals surface area contributed by atoms with Crippen molar-refractivity contribution in [1.29, 1.82) is 0 Å². The molecule has 4 nitrogen and oxygen atoms in total. The van der Waals surface area contributed by atoms with Gasteiger partial charge in [-0.3, -0.25) is 9.59 Å². The number of hydrogen-bond acceptors (Lipinski definition) is 2. The summed E-state index contributed by atoms with van der Waals surface area (Å²) >= 11 is 0. The van der Waals surface area contributed by atoms with E-state index in [1.807, 2.05) is 50.2 Å². The summed E-state index contributed by atoms with van der Waals surface area (Å²) in [6.45, 7) is 3.85. The van der Waals surface area contributed by atoms with E-state index in [-0.39, 0.29) is 17.7 Å². The molecule has 0 radical (unpaired) electrons. The van der Waals surface area contributed by atoms with Crippen LogP contribution in [0.4, 0.5) is 11.4 Å². The SMILES string of the molecule is Cc1cccc(C(=O)Nc2cccc(NC(=O)C3CC3)c2C)c1. The van der Waals surface area contributed by atoms with Crippen LogP contribution in [0.2, 0.25) is 0 Å². The van der Waals surface area contributed by atoms with Crippen LogP contribution in [0.15, 0.2) is 42.5 Å². The van der Waals surface area contributed by atoms with Gasteiger partial charge in [-0.15, -0.1) is 0 Å². The predicted octanol–water partition coefficient (Wildman–Crippen LogP) is 3.90. The minimum absolute atomic E-state index is 0.0651. The molecule has 0 unspecified atom stereocenters. The van der Waals surface area contributed by atoms with Gasteiger partial charge in [-0.1, -0.05) is 23.8 Å². The normalized spacial score (nSPS) is 13.5. The van der Waals surface area contributed by atoms with Crippen molar-refractivity contribution in [3.05, 3.63) is 59.2 Å². The fourth-order valence-corrected chi connectivity index (χ4v) is 2.47. The Bertz CT molecular complexity index is 764. The van der Waals surface area contributed by atoms with Crippen molar-refractivity contribution in [3.63, 3.8) is 0 Å². The quantitative estimate of drug-likeness (QED) is 0.900. The molecule has 2 aromatic carbocycles. The van der Waals surface area contributed by atoms with Crippen LogP contribution in [0.3, 0.4) is 0 Å². The molecule has 1 saturated carbocycles. The van der Waals surface area contributed by atoms with E-state index in [9.17, 15) is 9.59 Å². The van der Waals surface area contributed by atoms with E-state index in [0.717, 1.165) is 29.7 Å². The van der Waals surface area contributed by atoms with Gasteiger partial charge >= 0.3 is 0 Å². The van der Waals surface area contributed by atoms with Gasteiger partial charge in [0.25, 0.3) is 5.91 Å². The van der Waals surface area contributed by atoms with Crippen LogP contribution in [0.25, 0.3) is 0 Å². The van der Waals surface area contributed by atoms with Crippen molar-refractivity contribution < 1.29 is 9.59 Å². The van der Waals surface area contributed by atoms with Crippen LogP contribution < -0.4 is 10.6 Å². The molecular formula is C19H20N2O2. The molecule has 0 saturated heterocycles. The Morgan fingerprint density at radius 2 is 1.61 bits per heavy atom. The van der Waals surface area contributed by atoms with Gasteiger partial charge in [0.1, 0.15) is 0 Å². The number of hydrogen-bond donors (Lipinski definition) is 2. The molecule has 0 aliphatic heterocycles. The molecule has 118 valence electrons. The van der Waals surface area contributed by atoms with E-state index in [1.165, 1.54) is 0 Å². The summed E-state index contributed by atoms with van der Waals surface area (Å²) < 4.78 is 0. The van der Waals surface area contributed by atoms with Crippen molar-refractivity contribution in [3.8, 4) is 0 Å². The second-order valence-corrected chi connectivity index (χ2v) is 6.07. The van der Waals surface area contributed by atoms with Gasteiger partial charge < -0.3 is 10.6 Å². The van der Waals surface area contributed by atoms with Crippen molar-refractivity contribution in [2.45, 2.75) is 26.7 Å². The number of anilines is 2. The van der Waals surface area contributed by atoms with E-state index < -0.39 is 0 Å². The molecule has 0 spiro atoms. The summed E-state index contributed by atoms with van der Waals surface area (Å²) in [6.07, 6.45) is 1.93. The third-order valence-electron chi connectivity index (χ3n) is 4.07. The summed E-state index contributed by atoms with van der Waals surface area (Å²) in [4.78, 5) is 24.3. The molecule has 2 aromatic rings. The van der Waals surface area contributed by atoms with Crippen LogP contribution in [0.1, 0.15) is 34.3 Å². The first-order valence-corrected chi connectivity index (χ1v) is 7.83. The Kier molecular flexibility index (Phi) is 4.15. The number of benzene rings is 2. The van der Waals surface area contributed by atoms with E-state index in [0.29, 0.717) is 11.3 Å². The van der Waals surface area contributed by atoms with Crippen LogP contribution in [-0.4, -0.2) is 11.8 Å². The maximum atomic E-state index is 12.4. The third kappa shape index (κ3) is 3.59. The highest BCUT2D eigenvalue weighted by Gasteiger charge is 2.29. The molecule has 1 aliphatic carbocycles. The maximum absolute atomic E-state index is 12.4. The Hall–Kier alpha value is -2.62. The highest BCUT2D eigenvalue weighted by Crippen LogP contribution is 2.31. The maximum Gasteiger partial charge on any atom is 0.255 e. The first-order valence-electron chi connectivity index (χ1n) is 7.83. The molecule has 0 heterocycles. The van der Waals surface area contributed by atoms with Gasteiger partial charge in [0.15, 0.2) is 0 Å². The van der Waals surface area contributed by atoms with Crippen molar-refractivity contribution >= 4 is 23.2 Å². The van der Waals surface area contributed by atoms with E-state index in [4.69, 9.17) is 0 Å². The summed E-state index contributed by atoms with van der Waals surface area (Å²) in [7, 11) is 0. The summed E-state index contributed by atoms with van der Waals surface area (Å²) in [5.74, 6) is 0.0673. The Balaban J connectivity index is 1.77. The van der Waals surface area contributed by atoms with E-state index in [2.05, 4.69) is 10.6 Å². The second-order valence-electron chi connectivity index (χ2n) is 6.07. The number of carbonyl (C=O) groups excluding carboxylic acids is 2. The monoisotopic (exact) mass is 308 g/mol. The highest BCUT2D eigenvalue weighted by molar-refractivity contribution is 6.05. The largest absolute Gasteiger partial charge is 0.326 e. The van der Waals surface area contributed by atoms with Crippen LogP contribution in [-0.2, 0) is 4.79 Å². The number of rotatable bonds is 4. The first kappa shape index (κ1) is 15.3. The molecule has 0 aromatic heterocycles. The van der Waals surface area contributed by atoms with Crippen LogP contribution in [0.5, 0.6) is 0 Å². The number of amides is 2. The molecule has 0 bridgehead atoms. The third-order valence-corrected chi connectivity index (χ3v) is 4.07. The van der Waals surface area contributed by atoms with Crippen LogP contribution in [0, 0.1) is 19.8 Å². The topological polar surface area (TPSA) is 58.2 Å². The second kappa shape index (κ2) is 6.24. The average molecular weight is 308 g/mol. The summed E-state index contributed by atoms with van der Waals surface area (Å²) in [5.41, 5.74) is 3.99. The lowest BCUT2D eigenvalue weighted by Gasteiger charge is -2.13. The summed E-state index contributed by atoms with van der Waals surface area (Å²) in [6, 6.07) is 13.0. The van der Waals surface area contributed by atoms with Gasteiger partial charge in [0, 0.05) is 22.9 Å². The van der Waals surface area contributed by atoms with Gasteiger partial charge in [-0.2, -0.15) is 0 Å². The fourth-order valence-electron chi connectivity index (χ4n) is 2.47.